The molecule has 0 aliphatic carbocycles. The first-order valence-corrected chi connectivity index (χ1v) is 5.97. The highest BCUT2D eigenvalue weighted by Gasteiger charge is 2.34. The number of hydrogen-bond donors (Lipinski definition) is 1. The standard InChI is InChI=1S/C14H22O4/c1-6-14(2,18-5)13(15)11-9-10(16-3)7-8-12(11)17-4/h7-9,13,15H,6H2,1-5H3. The summed E-state index contributed by atoms with van der Waals surface area (Å²) < 4.78 is 15.9. The number of aliphatic hydroxyl groups is 1. The largest absolute Gasteiger partial charge is 0.497 e. The second-order valence-corrected chi connectivity index (χ2v) is 4.38. The van der Waals surface area contributed by atoms with Crippen LogP contribution in [0, 0.1) is 0 Å². The van der Waals surface area contributed by atoms with Crippen LogP contribution in [0.1, 0.15) is 31.9 Å². The third-order valence-electron chi connectivity index (χ3n) is 3.48. The van der Waals surface area contributed by atoms with Crippen LogP contribution in [0.15, 0.2) is 18.2 Å². The quantitative estimate of drug-likeness (QED) is 0.847. The molecule has 0 aliphatic rings. The lowest BCUT2D eigenvalue weighted by Crippen LogP contribution is -2.34. The van der Waals surface area contributed by atoms with Crippen LogP contribution in [-0.4, -0.2) is 32.0 Å². The van der Waals surface area contributed by atoms with Gasteiger partial charge in [0.05, 0.1) is 19.8 Å². The Morgan fingerprint density at radius 1 is 1.22 bits per heavy atom. The lowest BCUT2D eigenvalue weighted by Gasteiger charge is -2.33. The van der Waals surface area contributed by atoms with Gasteiger partial charge in [-0.3, -0.25) is 0 Å². The van der Waals surface area contributed by atoms with Crippen molar-refractivity contribution < 1.29 is 19.3 Å². The highest BCUT2D eigenvalue weighted by atomic mass is 16.5. The zero-order valence-electron chi connectivity index (χ0n) is 11.7. The lowest BCUT2D eigenvalue weighted by molar-refractivity contribution is -0.0950. The zero-order chi connectivity index (χ0) is 13.8. The van der Waals surface area contributed by atoms with Crippen molar-refractivity contribution in [2.24, 2.45) is 0 Å². The summed E-state index contributed by atoms with van der Waals surface area (Å²) in [5.74, 6) is 1.31. The van der Waals surface area contributed by atoms with E-state index in [1.54, 1.807) is 39.5 Å². The molecule has 0 radical (unpaired) electrons. The Morgan fingerprint density at radius 3 is 2.33 bits per heavy atom. The molecule has 0 aliphatic heterocycles. The van der Waals surface area contributed by atoms with E-state index in [2.05, 4.69) is 0 Å². The molecular formula is C14H22O4. The first kappa shape index (κ1) is 14.8. The van der Waals surface area contributed by atoms with Crippen LogP contribution in [0.2, 0.25) is 0 Å². The summed E-state index contributed by atoms with van der Waals surface area (Å²) in [4.78, 5) is 0. The van der Waals surface area contributed by atoms with Crippen molar-refractivity contribution in [1.29, 1.82) is 0 Å². The topological polar surface area (TPSA) is 47.9 Å². The lowest BCUT2D eigenvalue weighted by atomic mass is 9.89. The van der Waals surface area contributed by atoms with Crippen LogP contribution in [0.5, 0.6) is 11.5 Å². The van der Waals surface area contributed by atoms with E-state index in [-0.39, 0.29) is 0 Å². The van der Waals surface area contributed by atoms with Crippen molar-refractivity contribution in [2.45, 2.75) is 32.0 Å². The first-order chi connectivity index (χ1) is 8.52. The Morgan fingerprint density at radius 2 is 1.89 bits per heavy atom. The van der Waals surface area contributed by atoms with E-state index in [0.717, 1.165) is 0 Å². The molecule has 0 spiro atoms. The van der Waals surface area contributed by atoms with Gasteiger partial charge in [0.1, 0.15) is 17.6 Å². The Balaban J connectivity index is 3.21. The summed E-state index contributed by atoms with van der Waals surface area (Å²) in [7, 11) is 4.76. The third-order valence-corrected chi connectivity index (χ3v) is 3.48. The van der Waals surface area contributed by atoms with Crippen LogP contribution in [-0.2, 0) is 4.74 Å². The normalized spacial score (nSPS) is 15.9. The van der Waals surface area contributed by atoms with Gasteiger partial charge in [-0.25, -0.2) is 0 Å². The van der Waals surface area contributed by atoms with E-state index < -0.39 is 11.7 Å². The highest BCUT2D eigenvalue weighted by Crippen LogP contribution is 2.38. The Labute approximate surface area is 108 Å². The molecular weight excluding hydrogens is 232 g/mol. The van der Waals surface area contributed by atoms with E-state index in [9.17, 15) is 5.11 Å². The Kier molecular flexibility index (Phi) is 4.99. The van der Waals surface area contributed by atoms with Crippen molar-refractivity contribution in [3.05, 3.63) is 23.8 Å². The van der Waals surface area contributed by atoms with Gasteiger partial charge in [0.15, 0.2) is 0 Å². The van der Waals surface area contributed by atoms with Gasteiger partial charge in [0.2, 0.25) is 0 Å². The predicted molar refractivity (Wildman–Crippen MR) is 70.2 cm³/mol. The molecule has 4 heteroatoms. The second kappa shape index (κ2) is 6.07. The monoisotopic (exact) mass is 254 g/mol. The van der Waals surface area contributed by atoms with Gasteiger partial charge in [-0.15, -0.1) is 0 Å². The summed E-state index contributed by atoms with van der Waals surface area (Å²) in [6.45, 7) is 3.84. The molecule has 1 rings (SSSR count). The Hall–Kier alpha value is -1.26. The predicted octanol–water partition coefficient (Wildman–Crippen LogP) is 2.55. The van der Waals surface area contributed by atoms with Gasteiger partial charge in [0.25, 0.3) is 0 Å². The van der Waals surface area contributed by atoms with E-state index in [4.69, 9.17) is 14.2 Å². The van der Waals surface area contributed by atoms with Crippen LogP contribution in [0.3, 0.4) is 0 Å². The fourth-order valence-corrected chi connectivity index (χ4v) is 1.83. The fraction of sp³-hybridized carbons (Fsp3) is 0.571. The number of methoxy groups -OCH3 is 3. The molecule has 1 aromatic carbocycles. The molecule has 2 unspecified atom stereocenters. The highest BCUT2D eigenvalue weighted by molar-refractivity contribution is 5.42. The van der Waals surface area contributed by atoms with E-state index >= 15 is 0 Å². The molecule has 0 saturated heterocycles. The maximum Gasteiger partial charge on any atom is 0.125 e. The molecule has 1 aromatic rings. The molecule has 0 bridgehead atoms. The molecule has 0 amide bonds. The average Bonchev–Trinajstić information content (AvgIpc) is 2.44. The molecule has 2 atom stereocenters. The number of aliphatic hydroxyl groups excluding tert-OH is 1. The Bertz CT molecular complexity index is 385. The van der Waals surface area contributed by atoms with Gasteiger partial charge in [-0.2, -0.15) is 0 Å². The SMILES string of the molecule is CCC(C)(OC)C(O)c1cc(OC)ccc1OC. The average molecular weight is 254 g/mol. The van der Waals surface area contributed by atoms with Gasteiger partial charge < -0.3 is 19.3 Å². The molecule has 0 fully saturated rings. The summed E-state index contributed by atoms with van der Waals surface area (Å²) in [5.41, 5.74) is 0.0164. The van der Waals surface area contributed by atoms with E-state index in [1.165, 1.54) is 0 Å². The van der Waals surface area contributed by atoms with Crippen LogP contribution in [0.25, 0.3) is 0 Å². The smallest absolute Gasteiger partial charge is 0.125 e. The van der Waals surface area contributed by atoms with Crippen LogP contribution in [0.4, 0.5) is 0 Å². The van der Waals surface area contributed by atoms with Crippen molar-refractivity contribution in [1.82, 2.24) is 0 Å². The van der Waals surface area contributed by atoms with Crippen molar-refractivity contribution >= 4 is 0 Å². The molecule has 0 saturated carbocycles. The molecule has 18 heavy (non-hydrogen) atoms. The number of ether oxygens (including phenoxy) is 3. The second-order valence-electron chi connectivity index (χ2n) is 4.38. The molecule has 1 N–H and O–H groups in total. The first-order valence-electron chi connectivity index (χ1n) is 5.97. The number of rotatable bonds is 6. The third kappa shape index (κ3) is 2.76. The van der Waals surface area contributed by atoms with E-state index in [0.29, 0.717) is 23.5 Å². The minimum atomic E-state index is -0.780. The minimum Gasteiger partial charge on any atom is -0.497 e. The molecule has 4 nitrogen and oxygen atoms in total. The number of benzene rings is 1. The molecule has 0 heterocycles. The summed E-state index contributed by atoms with van der Waals surface area (Å²) in [6.07, 6.45) is -0.0945. The molecule has 0 aromatic heterocycles. The minimum absolute atomic E-state index is 0.625. The van der Waals surface area contributed by atoms with Gasteiger partial charge in [-0.1, -0.05) is 6.92 Å². The van der Waals surface area contributed by atoms with Gasteiger partial charge in [0, 0.05) is 12.7 Å². The fourth-order valence-electron chi connectivity index (χ4n) is 1.83. The van der Waals surface area contributed by atoms with Crippen molar-refractivity contribution in [3.8, 4) is 11.5 Å². The van der Waals surface area contributed by atoms with Crippen LogP contribution >= 0.6 is 0 Å². The van der Waals surface area contributed by atoms with Gasteiger partial charge in [-0.05, 0) is 31.5 Å². The van der Waals surface area contributed by atoms with Crippen molar-refractivity contribution in [2.75, 3.05) is 21.3 Å². The number of hydrogen-bond acceptors (Lipinski definition) is 4. The van der Waals surface area contributed by atoms with E-state index in [1.807, 2.05) is 13.8 Å². The summed E-state index contributed by atoms with van der Waals surface area (Å²) in [5, 5.41) is 10.5. The summed E-state index contributed by atoms with van der Waals surface area (Å²) in [6, 6.07) is 5.35. The molecule has 102 valence electrons. The van der Waals surface area contributed by atoms with Gasteiger partial charge >= 0.3 is 0 Å². The maximum atomic E-state index is 10.5. The van der Waals surface area contributed by atoms with Crippen LogP contribution < -0.4 is 9.47 Å². The zero-order valence-corrected chi connectivity index (χ0v) is 11.7. The maximum absolute atomic E-state index is 10.5. The van der Waals surface area contributed by atoms with Crippen molar-refractivity contribution in [3.63, 3.8) is 0 Å². The summed E-state index contributed by atoms with van der Waals surface area (Å²) >= 11 is 0.